The normalized spacial score (nSPS) is 20.1. The Kier molecular flexibility index (Phi) is 6.53. The summed E-state index contributed by atoms with van der Waals surface area (Å²) in [6.45, 7) is 10.1. The third-order valence-corrected chi connectivity index (χ3v) is 4.21. The van der Waals surface area contributed by atoms with Gasteiger partial charge in [-0.3, -0.25) is 0 Å². The van der Waals surface area contributed by atoms with E-state index in [1.54, 1.807) is 0 Å². The molecule has 0 aromatic rings. The van der Waals surface area contributed by atoms with Crippen LogP contribution in [0.3, 0.4) is 0 Å². The summed E-state index contributed by atoms with van der Waals surface area (Å²) in [5.41, 5.74) is 0. The molecular formula is C11H24O4Si. The monoisotopic (exact) mass is 248 g/mol. The second-order valence-corrected chi connectivity index (χ2v) is 7.80. The molecule has 1 aliphatic heterocycles. The van der Waals surface area contributed by atoms with Crippen LogP contribution in [0.15, 0.2) is 0 Å². The zero-order valence-corrected chi connectivity index (χ0v) is 11.7. The van der Waals surface area contributed by atoms with Gasteiger partial charge in [0.25, 0.3) is 0 Å². The average Bonchev–Trinajstić information content (AvgIpc) is 3.00. The SMILES string of the molecule is CCO[Si](C)(C)OCCCCOCC1CO1. The van der Waals surface area contributed by atoms with E-state index in [0.29, 0.717) is 6.10 Å². The van der Waals surface area contributed by atoms with Crippen molar-refractivity contribution in [2.24, 2.45) is 0 Å². The van der Waals surface area contributed by atoms with Gasteiger partial charge in [0.05, 0.1) is 13.2 Å². The first-order valence-electron chi connectivity index (χ1n) is 6.11. The molecule has 96 valence electrons. The van der Waals surface area contributed by atoms with Gasteiger partial charge in [0.15, 0.2) is 0 Å². The average molecular weight is 248 g/mol. The van der Waals surface area contributed by atoms with Gasteiger partial charge >= 0.3 is 8.56 Å². The first-order chi connectivity index (χ1) is 7.64. The summed E-state index contributed by atoms with van der Waals surface area (Å²) in [6.07, 6.45) is 2.46. The Morgan fingerprint density at radius 2 is 1.88 bits per heavy atom. The second-order valence-electron chi connectivity index (χ2n) is 4.42. The zero-order chi connectivity index (χ0) is 11.9. The Hall–Kier alpha value is 0.0569. The summed E-state index contributed by atoms with van der Waals surface area (Å²) >= 11 is 0. The van der Waals surface area contributed by atoms with Crippen molar-refractivity contribution >= 4 is 8.56 Å². The van der Waals surface area contributed by atoms with Crippen molar-refractivity contribution in [3.63, 3.8) is 0 Å². The van der Waals surface area contributed by atoms with Crippen molar-refractivity contribution in [3.05, 3.63) is 0 Å². The standard InChI is InChI=1S/C11H24O4Si/c1-4-14-16(2,3)15-8-6-5-7-12-9-11-10-13-11/h11H,4-10H2,1-3H3. The lowest BCUT2D eigenvalue weighted by Crippen LogP contribution is -2.35. The fourth-order valence-corrected chi connectivity index (χ4v) is 2.81. The van der Waals surface area contributed by atoms with Gasteiger partial charge in [-0.25, -0.2) is 0 Å². The maximum Gasteiger partial charge on any atom is 0.331 e. The Morgan fingerprint density at radius 1 is 1.19 bits per heavy atom. The lowest BCUT2D eigenvalue weighted by Gasteiger charge is -2.21. The minimum atomic E-state index is -1.84. The molecule has 1 atom stereocenters. The van der Waals surface area contributed by atoms with Crippen molar-refractivity contribution in [2.45, 2.75) is 39.0 Å². The number of hydrogen-bond acceptors (Lipinski definition) is 4. The van der Waals surface area contributed by atoms with Gasteiger partial charge in [-0.2, -0.15) is 0 Å². The molecule has 5 heteroatoms. The second kappa shape index (κ2) is 7.40. The molecule has 16 heavy (non-hydrogen) atoms. The van der Waals surface area contributed by atoms with Crippen molar-refractivity contribution in [2.75, 3.05) is 33.0 Å². The lowest BCUT2D eigenvalue weighted by molar-refractivity contribution is 0.107. The molecule has 0 N–H and O–H groups in total. The number of ether oxygens (including phenoxy) is 2. The van der Waals surface area contributed by atoms with Gasteiger partial charge in [0, 0.05) is 19.8 Å². The van der Waals surface area contributed by atoms with E-state index in [2.05, 4.69) is 13.1 Å². The molecule has 0 aromatic carbocycles. The van der Waals surface area contributed by atoms with Crippen LogP contribution in [-0.4, -0.2) is 47.7 Å². The molecule has 4 nitrogen and oxygen atoms in total. The van der Waals surface area contributed by atoms with Gasteiger partial charge in [-0.1, -0.05) is 0 Å². The summed E-state index contributed by atoms with van der Waals surface area (Å²) in [5.74, 6) is 0. The maximum absolute atomic E-state index is 5.75. The molecule has 0 radical (unpaired) electrons. The molecule has 0 aliphatic carbocycles. The minimum Gasteiger partial charge on any atom is -0.395 e. The van der Waals surface area contributed by atoms with Gasteiger partial charge in [-0.15, -0.1) is 0 Å². The number of hydrogen-bond donors (Lipinski definition) is 0. The fraction of sp³-hybridized carbons (Fsp3) is 1.00. The van der Waals surface area contributed by atoms with Crippen LogP contribution >= 0.6 is 0 Å². The molecule has 1 unspecified atom stereocenters. The van der Waals surface area contributed by atoms with Crippen molar-refractivity contribution in [1.82, 2.24) is 0 Å². The third-order valence-electron chi connectivity index (χ3n) is 2.33. The van der Waals surface area contributed by atoms with Crippen LogP contribution in [0.2, 0.25) is 13.1 Å². The fourth-order valence-electron chi connectivity index (χ4n) is 1.39. The summed E-state index contributed by atoms with van der Waals surface area (Å²) in [6, 6.07) is 0. The molecule has 0 aromatic heterocycles. The molecule has 0 saturated carbocycles. The van der Waals surface area contributed by atoms with E-state index in [1.165, 1.54) is 0 Å². The Labute approximate surface area is 99.5 Å². The molecule has 1 aliphatic rings. The largest absolute Gasteiger partial charge is 0.395 e. The van der Waals surface area contributed by atoms with E-state index < -0.39 is 8.56 Å². The van der Waals surface area contributed by atoms with Crippen LogP contribution in [0.25, 0.3) is 0 Å². The highest BCUT2D eigenvalue weighted by Gasteiger charge is 2.23. The molecule has 1 saturated heterocycles. The predicted octanol–water partition coefficient (Wildman–Crippen LogP) is 1.94. The third kappa shape index (κ3) is 7.35. The summed E-state index contributed by atoms with van der Waals surface area (Å²) in [5, 5.41) is 0. The van der Waals surface area contributed by atoms with Crippen LogP contribution in [0.5, 0.6) is 0 Å². The van der Waals surface area contributed by atoms with Crippen molar-refractivity contribution in [1.29, 1.82) is 0 Å². The van der Waals surface area contributed by atoms with Gasteiger partial charge in [0.1, 0.15) is 6.10 Å². The molecule has 0 spiro atoms. The highest BCUT2D eigenvalue weighted by Crippen LogP contribution is 2.09. The highest BCUT2D eigenvalue weighted by molar-refractivity contribution is 6.64. The van der Waals surface area contributed by atoms with E-state index in [9.17, 15) is 0 Å². The van der Waals surface area contributed by atoms with Crippen LogP contribution in [0, 0.1) is 0 Å². The van der Waals surface area contributed by atoms with Gasteiger partial charge in [-0.05, 0) is 32.9 Å². The topological polar surface area (TPSA) is 40.2 Å². The quantitative estimate of drug-likeness (QED) is 0.336. The van der Waals surface area contributed by atoms with Crippen LogP contribution in [0.1, 0.15) is 19.8 Å². The van der Waals surface area contributed by atoms with E-state index in [1.807, 2.05) is 6.92 Å². The van der Waals surface area contributed by atoms with Crippen molar-refractivity contribution < 1.29 is 18.3 Å². The van der Waals surface area contributed by atoms with Crippen LogP contribution in [-0.2, 0) is 18.3 Å². The van der Waals surface area contributed by atoms with E-state index in [0.717, 1.165) is 45.9 Å². The summed E-state index contributed by atoms with van der Waals surface area (Å²) in [7, 11) is -1.84. The van der Waals surface area contributed by atoms with Crippen LogP contribution in [0.4, 0.5) is 0 Å². The number of rotatable bonds is 10. The lowest BCUT2D eigenvalue weighted by atomic mass is 10.3. The Bertz CT molecular complexity index is 183. The maximum atomic E-state index is 5.75. The first-order valence-corrected chi connectivity index (χ1v) is 8.93. The molecule has 0 amide bonds. The van der Waals surface area contributed by atoms with E-state index in [4.69, 9.17) is 18.3 Å². The minimum absolute atomic E-state index is 0.376. The van der Waals surface area contributed by atoms with Gasteiger partial charge < -0.3 is 18.3 Å². The molecule has 1 heterocycles. The molecule has 1 rings (SSSR count). The van der Waals surface area contributed by atoms with E-state index >= 15 is 0 Å². The predicted molar refractivity (Wildman–Crippen MR) is 64.9 cm³/mol. The first kappa shape index (κ1) is 14.1. The van der Waals surface area contributed by atoms with E-state index in [-0.39, 0.29) is 0 Å². The smallest absolute Gasteiger partial charge is 0.331 e. The number of unbranched alkanes of at least 4 members (excludes halogenated alkanes) is 1. The van der Waals surface area contributed by atoms with Crippen molar-refractivity contribution in [3.8, 4) is 0 Å². The summed E-state index contributed by atoms with van der Waals surface area (Å²) < 4.78 is 21.8. The zero-order valence-electron chi connectivity index (χ0n) is 10.7. The van der Waals surface area contributed by atoms with Gasteiger partial charge in [0.2, 0.25) is 0 Å². The van der Waals surface area contributed by atoms with Crippen LogP contribution < -0.4 is 0 Å². The molecule has 0 bridgehead atoms. The highest BCUT2D eigenvalue weighted by atomic mass is 28.4. The number of epoxide rings is 1. The molecule has 1 fully saturated rings. The summed E-state index contributed by atoms with van der Waals surface area (Å²) in [4.78, 5) is 0. The Morgan fingerprint density at radius 3 is 2.50 bits per heavy atom. The molecular weight excluding hydrogens is 224 g/mol. The Balaban J connectivity index is 1.82.